The van der Waals surface area contributed by atoms with Gasteiger partial charge in [-0.15, -0.1) is 0 Å². The third-order valence-electron chi connectivity index (χ3n) is 3.13. The zero-order chi connectivity index (χ0) is 14.5. The number of hydrogen-bond donors (Lipinski definition) is 1. The molecule has 0 radical (unpaired) electrons. The largest absolute Gasteiger partial charge is 0.464 e. The Balaban J connectivity index is 2.03. The molecule has 1 atom stereocenters. The fourth-order valence-corrected chi connectivity index (χ4v) is 2.26. The van der Waals surface area contributed by atoms with Gasteiger partial charge in [-0.25, -0.2) is 4.79 Å². The first-order chi connectivity index (χ1) is 9.60. The molecule has 0 aromatic heterocycles. The van der Waals surface area contributed by atoms with E-state index in [1.165, 1.54) is 0 Å². The number of benzene rings is 2. The van der Waals surface area contributed by atoms with Crippen LogP contribution >= 0.6 is 11.6 Å². The van der Waals surface area contributed by atoms with Gasteiger partial charge >= 0.3 is 5.97 Å². The Morgan fingerprint density at radius 3 is 2.70 bits per heavy atom. The average Bonchev–Trinajstić information content (AvgIpc) is 2.44. The molecular formula is C16H17ClO3. The van der Waals surface area contributed by atoms with Crippen LogP contribution in [0.4, 0.5) is 0 Å². The van der Waals surface area contributed by atoms with Gasteiger partial charge in [0.15, 0.2) is 6.10 Å². The molecule has 2 rings (SSSR count). The fourth-order valence-electron chi connectivity index (χ4n) is 2.08. The molecule has 4 heteroatoms. The molecule has 3 nitrogen and oxygen atoms in total. The van der Waals surface area contributed by atoms with Gasteiger partial charge < -0.3 is 9.84 Å². The standard InChI is InChI=1S/C16H17ClO3/c1-2-20-16(19)15(18)8-4-11-3-5-13-10-14(17)7-6-12(13)9-11/h3,5-7,9-10,15,18H,2,4,8H2,1H3. The quantitative estimate of drug-likeness (QED) is 0.860. The summed E-state index contributed by atoms with van der Waals surface area (Å²) in [6.45, 7) is 2.01. The molecule has 0 amide bonds. The van der Waals surface area contributed by atoms with Crippen molar-refractivity contribution in [1.82, 2.24) is 0 Å². The highest BCUT2D eigenvalue weighted by Crippen LogP contribution is 2.21. The maximum Gasteiger partial charge on any atom is 0.334 e. The van der Waals surface area contributed by atoms with E-state index in [0.29, 0.717) is 17.9 Å². The minimum absolute atomic E-state index is 0.284. The predicted molar refractivity (Wildman–Crippen MR) is 79.9 cm³/mol. The van der Waals surface area contributed by atoms with E-state index >= 15 is 0 Å². The number of carbonyl (C=O) groups is 1. The number of aliphatic hydroxyl groups excluding tert-OH is 1. The van der Waals surface area contributed by atoms with Crippen molar-refractivity contribution < 1.29 is 14.6 Å². The first-order valence-corrected chi connectivity index (χ1v) is 7.01. The van der Waals surface area contributed by atoms with Crippen molar-refractivity contribution in [2.45, 2.75) is 25.9 Å². The Morgan fingerprint density at radius 2 is 1.95 bits per heavy atom. The van der Waals surface area contributed by atoms with Gasteiger partial charge in [0.1, 0.15) is 0 Å². The molecule has 0 saturated carbocycles. The molecule has 106 valence electrons. The lowest BCUT2D eigenvalue weighted by Crippen LogP contribution is -2.23. The lowest BCUT2D eigenvalue weighted by Gasteiger charge is -2.10. The van der Waals surface area contributed by atoms with Crippen LogP contribution < -0.4 is 0 Å². The summed E-state index contributed by atoms with van der Waals surface area (Å²) in [5.74, 6) is -0.555. The van der Waals surface area contributed by atoms with Crippen LogP contribution in [0, 0.1) is 0 Å². The van der Waals surface area contributed by atoms with Crippen molar-refractivity contribution in [3.05, 3.63) is 47.0 Å². The maximum atomic E-state index is 11.3. The summed E-state index contributed by atoms with van der Waals surface area (Å²) < 4.78 is 4.77. The number of hydrogen-bond acceptors (Lipinski definition) is 3. The summed E-state index contributed by atoms with van der Waals surface area (Å²) in [4.78, 5) is 11.3. The summed E-state index contributed by atoms with van der Waals surface area (Å²) in [7, 11) is 0. The van der Waals surface area contributed by atoms with Crippen LogP contribution in [0.1, 0.15) is 18.9 Å². The highest BCUT2D eigenvalue weighted by molar-refractivity contribution is 6.31. The summed E-state index contributed by atoms with van der Waals surface area (Å²) in [5.41, 5.74) is 1.07. The van der Waals surface area contributed by atoms with Gasteiger partial charge in [0.25, 0.3) is 0 Å². The Bertz CT molecular complexity index is 610. The first-order valence-electron chi connectivity index (χ1n) is 6.63. The monoisotopic (exact) mass is 292 g/mol. The summed E-state index contributed by atoms with van der Waals surface area (Å²) in [6.07, 6.45) is -0.0768. The van der Waals surface area contributed by atoms with Crippen LogP contribution in [-0.2, 0) is 16.0 Å². The van der Waals surface area contributed by atoms with E-state index in [2.05, 4.69) is 0 Å². The summed E-state index contributed by atoms with van der Waals surface area (Å²) >= 11 is 5.94. The van der Waals surface area contributed by atoms with Gasteiger partial charge in [0.2, 0.25) is 0 Å². The number of rotatable bonds is 5. The SMILES string of the molecule is CCOC(=O)C(O)CCc1ccc2cc(Cl)ccc2c1. The molecule has 0 fully saturated rings. The van der Waals surface area contributed by atoms with Gasteiger partial charge in [0, 0.05) is 5.02 Å². The van der Waals surface area contributed by atoms with Crippen LogP contribution in [0.3, 0.4) is 0 Å². The maximum absolute atomic E-state index is 11.3. The van der Waals surface area contributed by atoms with E-state index in [-0.39, 0.29) is 6.61 Å². The van der Waals surface area contributed by atoms with Gasteiger partial charge in [-0.2, -0.15) is 0 Å². The van der Waals surface area contributed by atoms with E-state index in [1.54, 1.807) is 6.92 Å². The number of carbonyl (C=O) groups excluding carboxylic acids is 1. The molecule has 0 aliphatic heterocycles. The van der Waals surface area contributed by atoms with Gasteiger partial charge in [-0.3, -0.25) is 0 Å². The predicted octanol–water partition coefficient (Wildman–Crippen LogP) is 3.35. The van der Waals surface area contributed by atoms with Crippen LogP contribution in [0.2, 0.25) is 5.02 Å². The third-order valence-corrected chi connectivity index (χ3v) is 3.37. The molecule has 1 N–H and O–H groups in total. The zero-order valence-corrected chi connectivity index (χ0v) is 12.1. The zero-order valence-electron chi connectivity index (χ0n) is 11.3. The van der Waals surface area contributed by atoms with Gasteiger partial charge in [-0.05, 0) is 48.2 Å². The molecule has 2 aromatic carbocycles. The molecule has 0 saturated heterocycles. The molecule has 0 aliphatic rings. The normalized spacial score (nSPS) is 12.3. The van der Waals surface area contributed by atoms with Crippen LogP contribution in [0.15, 0.2) is 36.4 Å². The van der Waals surface area contributed by atoms with E-state index in [9.17, 15) is 9.90 Å². The fraction of sp³-hybridized carbons (Fsp3) is 0.312. The Hall–Kier alpha value is -1.58. The molecule has 2 aromatic rings. The van der Waals surface area contributed by atoms with Crippen molar-refractivity contribution in [2.24, 2.45) is 0 Å². The average molecular weight is 293 g/mol. The lowest BCUT2D eigenvalue weighted by molar-refractivity contribution is -0.153. The smallest absolute Gasteiger partial charge is 0.334 e. The number of fused-ring (bicyclic) bond motifs is 1. The second-order valence-electron chi connectivity index (χ2n) is 4.63. The second-order valence-corrected chi connectivity index (χ2v) is 5.07. The van der Waals surface area contributed by atoms with Crippen molar-refractivity contribution in [3.63, 3.8) is 0 Å². The van der Waals surface area contributed by atoms with Crippen molar-refractivity contribution in [2.75, 3.05) is 6.61 Å². The topological polar surface area (TPSA) is 46.5 Å². The Morgan fingerprint density at radius 1 is 1.25 bits per heavy atom. The summed E-state index contributed by atoms with van der Waals surface area (Å²) in [6, 6.07) is 11.7. The molecule has 0 aliphatic carbocycles. The van der Waals surface area contributed by atoms with Crippen molar-refractivity contribution in [3.8, 4) is 0 Å². The minimum Gasteiger partial charge on any atom is -0.464 e. The van der Waals surface area contributed by atoms with Gasteiger partial charge in [0.05, 0.1) is 6.61 Å². The van der Waals surface area contributed by atoms with E-state index in [0.717, 1.165) is 16.3 Å². The summed E-state index contributed by atoms with van der Waals surface area (Å²) in [5, 5.41) is 12.5. The molecule has 1 unspecified atom stereocenters. The first kappa shape index (κ1) is 14.8. The number of aliphatic hydroxyl groups is 1. The highest BCUT2D eigenvalue weighted by atomic mass is 35.5. The molecular weight excluding hydrogens is 276 g/mol. The number of esters is 1. The minimum atomic E-state index is -1.06. The van der Waals surface area contributed by atoms with E-state index in [4.69, 9.17) is 16.3 Å². The second kappa shape index (κ2) is 6.73. The number of halogens is 1. The van der Waals surface area contributed by atoms with Crippen LogP contribution in [-0.4, -0.2) is 23.8 Å². The number of aryl methyl sites for hydroxylation is 1. The lowest BCUT2D eigenvalue weighted by atomic mass is 10.0. The van der Waals surface area contributed by atoms with Crippen LogP contribution in [0.5, 0.6) is 0 Å². The molecule has 0 heterocycles. The van der Waals surface area contributed by atoms with E-state index < -0.39 is 12.1 Å². The van der Waals surface area contributed by atoms with E-state index in [1.807, 2.05) is 36.4 Å². The third kappa shape index (κ3) is 3.71. The Kier molecular flexibility index (Phi) is 4.99. The van der Waals surface area contributed by atoms with Crippen LogP contribution in [0.25, 0.3) is 10.8 Å². The molecule has 0 spiro atoms. The van der Waals surface area contributed by atoms with Gasteiger partial charge in [-0.1, -0.05) is 35.9 Å². The molecule has 0 bridgehead atoms. The van der Waals surface area contributed by atoms with Crippen molar-refractivity contribution >= 4 is 28.3 Å². The molecule has 20 heavy (non-hydrogen) atoms. The van der Waals surface area contributed by atoms with Crippen molar-refractivity contribution in [1.29, 1.82) is 0 Å². The Labute approximate surface area is 123 Å². The number of ether oxygens (including phenoxy) is 1. The highest BCUT2D eigenvalue weighted by Gasteiger charge is 2.15.